The maximum Gasteiger partial charge on any atom is 0.162 e. The van der Waals surface area contributed by atoms with Crippen molar-refractivity contribution >= 4 is 17.2 Å². The number of nitrogens with one attached hydrogen (secondary N) is 1. The van der Waals surface area contributed by atoms with Gasteiger partial charge in [-0.2, -0.15) is 0 Å². The van der Waals surface area contributed by atoms with Crippen LogP contribution in [0.2, 0.25) is 0 Å². The van der Waals surface area contributed by atoms with Crippen molar-refractivity contribution in [2.24, 2.45) is 5.84 Å². The molecule has 1 fully saturated rings. The van der Waals surface area contributed by atoms with Crippen LogP contribution in [0.1, 0.15) is 34.2 Å². The smallest absolute Gasteiger partial charge is 0.162 e. The molecule has 0 aromatic carbocycles. The van der Waals surface area contributed by atoms with Gasteiger partial charge >= 0.3 is 0 Å². The number of rotatable bonds is 3. The third-order valence-electron chi connectivity index (χ3n) is 3.17. The first-order valence-corrected chi connectivity index (χ1v) is 6.92. The summed E-state index contributed by atoms with van der Waals surface area (Å²) < 4.78 is 0. The highest BCUT2D eigenvalue weighted by atomic mass is 32.1. The highest BCUT2D eigenvalue weighted by Crippen LogP contribution is 2.40. The Balaban J connectivity index is 2.10. The van der Waals surface area contributed by atoms with Crippen LogP contribution in [0.5, 0.6) is 0 Å². The van der Waals surface area contributed by atoms with E-state index in [-0.39, 0.29) is 0 Å². The van der Waals surface area contributed by atoms with Crippen molar-refractivity contribution in [3.05, 3.63) is 27.6 Å². The summed E-state index contributed by atoms with van der Waals surface area (Å²) in [6.45, 7) is 4.21. The lowest BCUT2D eigenvalue weighted by atomic mass is 10.2. The Kier molecular flexibility index (Phi) is 2.80. The van der Waals surface area contributed by atoms with Crippen LogP contribution in [0.4, 0.5) is 5.82 Å². The lowest BCUT2D eigenvalue weighted by molar-refractivity contribution is 0.991. The molecule has 0 aliphatic heterocycles. The number of anilines is 1. The van der Waals surface area contributed by atoms with Gasteiger partial charge in [0.25, 0.3) is 0 Å². The number of aryl methyl sites for hydroxylation is 2. The van der Waals surface area contributed by atoms with Crippen LogP contribution in [-0.4, -0.2) is 9.97 Å². The second-order valence-electron chi connectivity index (χ2n) is 4.75. The Hall–Kier alpha value is -1.46. The maximum atomic E-state index is 5.49. The fraction of sp³-hybridized carbons (Fsp3) is 0.385. The molecule has 0 amide bonds. The summed E-state index contributed by atoms with van der Waals surface area (Å²) in [6.07, 6.45) is 2.45. The Morgan fingerprint density at radius 2 is 2.06 bits per heavy atom. The first-order valence-electron chi connectivity index (χ1n) is 6.10. The number of thiophene rings is 1. The van der Waals surface area contributed by atoms with E-state index in [0.717, 1.165) is 17.1 Å². The Morgan fingerprint density at radius 1 is 1.28 bits per heavy atom. The van der Waals surface area contributed by atoms with Gasteiger partial charge < -0.3 is 5.43 Å². The fourth-order valence-electron chi connectivity index (χ4n) is 2.10. The normalized spacial score (nSPS) is 14.8. The molecular formula is C13H16N4S. The largest absolute Gasteiger partial charge is 0.308 e. The number of aromatic nitrogens is 2. The van der Waals surface area contributed by atoms with Gasteiger partial charge in [0.15, 0.2) is 5.82 Å². The van der Waals surface area contributed by atoms with E-state index in [0.29, 0.717) is 11.7 Å². The Labute approximate surface area is 110 Å². The third-order valence-corrected chi connectivity index (χ3v) is 4.14. The molecule has 0 bridgehead atoms. The van der Waals surface area contributed by atoms with Gasteiger partial charge in [-0.25, -0.2) is 15.8 Å². The van der Waals surface area contributed by atoms with Gasteiger partial charge in [0.1, 0.15) is 5.82 Å². The number of nitrogen functional groups attached to an aromatic ring is 1. The molecule has 3 N–H and O–H groups in total. The molecule has 0 spiro atoms. The Bertz CT molecular complexity index is 587. The topological polar surface area (TPSA) is 63.8 Å². The maximum absolute atomic E-state index is 5.49. The molecule has 2 aromatic rings. The summed E-state index contributed by atoms with van der Waals surface area (Å²) in [5.74, 6) is 7.57. The van der Waals surface area contributed by atoms with Crippen LogP contribution in [-0.2, 0) is 0 Å². The quantitative estimate of drug-likeness (QED) is 0.658. The molecule has 3 rings (SSSR count). The molecule has 1 aliphatic rings. The minimum Gasteiger partial charge on any atom is -0.308 e. The van der Waals surface area contributed by atoms with Crippen molar-refractivity contribution < 1.29 is 0 Å². The number of hydrazine groups is 1. The highest BCUT2D eigenvalue weighted by Gasteiger charge is 2.26. The van der Waals surface area contributed by atoms with Crippen molar-refractivity contribution in [3.63, 3.8) is 0 Å². The fourth-order valence-corrected chi connectivity index (χ4v) is 3.02. The highest BCUT2D eigenvalue weighted by molar-refractivity contribution is 7.12. The number of hydrogen-bond donors (Lipinski definition) is 2. The van der Waals surface area contributed by atoms with E-state index >= 15 is 0 Å². The van der Waals surface area contributed by atoms with Crippen LogP contribution in [0, 0.1) is 13.8 Å². The summed E-state index contributed by atoms with van der Waals surface area (Å²) in [5.41, 5.74) is 4.87. The summed E-state index contributed by atoms with van der Waals surface area (Å²) >= 11 is 1.78. The van der Waals surface area contributed by atoms with Gasteiger partial charge in [0.2, 0.25) is 0 Å². The summed E-state index contributed by atoms with van der Waals surface area (Å²) in [7, 11) is 0. The number of nitrogens with zero attached hydrogens (tertiary/aromatic N) is 2. The molecule has 4 nitrogen and oxygen atoms in total. The predicted octanol–water partition coefficient (Wildman–Crippen LogP) is 2.98. The van der Waals surface area contributed by atoms with E-state index in [1.165, 1.54) is 22.6 Å². The molecule has 5 heteroatoms. The molecule has 0 radical (unpaired) electrons. The molecule has 1 saturated carbocycles. The van der Waals surface area contributed by atoms with Crippen LogP contribution >= 0.6 is 11.3 Å². The van der Waals surface area contributed by atoms with Gasteiger partial charge in [-0.3, -0.25) is 0 Å². The summed E-state index contributed by atoms with van der Waals surface area (Å²) in [6, 6.07) is 4.10. The van der Waals surface area contributed by atoms with Gasteiger partial charge in [-0.1, -0.05) is 0 Å². The number of hydrogen-bond acceptors (Lipinski definition) is 5. The molecule has 0 atom stereocenters. The van der Waals surface area contributed by atoms with E-state index in [1.54, 1.807) is 11.3 Å². The van der Waals surface area contributed by atoms with Crippen LogP contribution in [0.25, 0.3) is 11.4 Å². The molecule has 18 heavy (non-hydrogen) atoms. The standard InChI is InChI=1S/C13H16N4S/c1-7-5-10(8(2)18-7)13-15-11(9-3-4-9)6-12(16-13)17-14/h5-6,9H,3-4,14H2,1-2H3,(H,15,16,17). The van der Waals surface area contributed by atoms with Crippen molar-refractivity contribution in [2.75, 3.05) is 5.43 Å². The molecule has 2 aromatic heterocycles. The summed E-state index contributed by atoms with van der Waals surface area (Å²) in [4.78, 5) is 11.7. The predicted molar refractivity (Wildman–Crippen MR) is 74.6 cm³/mol. The van der Waals surface area contributed by atoms with Crippen molar-refractivity contribution in [1.82, 2.24) is 9.97 Å². The average Bonchev–Trinajstić information content (AvgIpc) is 3.14. The van der Waals surface area contributed by atoms with E-state index in [1.807, 2.05) is 6.07 Å². The monoisotopic (exact) mass is 260 g/mol. The first kappa shape index (κ1) is 11.6. The SMILES string of the molecule is Cc1cc(-c2nc(NN)cc(C3CC3)n2)c(C)s1. The van der Waals surface area contributed by atoms with E-state index in [9.17, 15) is 0 Å². The molecule has 94 valence electrons. The van der Waals surface area contributed by atoms with Gasteiger partial charge in [0.05, 0.1) is 0 Å². The minimum absolute atomic E-state index is 0.596. The van der Waals surface area contributed by atoms with E-state index < -0.39 is 0 Å². The zero-order valence-electron chi connectivity index (χ0n) is 10.5. The molecule has 0 saturated heterocycles. The zero-order chi connectivity index (χ0) is 12.7. The van der Waals surface area contributed by atoms with Gasteiger partial charge in [-0.15, -0.1) is 11.3 Å². The van der Waals surface area contributed by atoms with Gasteiger partial charge in [0, 0.05) is 33.0 Å². The van der Waals surface area contributed by atoms with Crippen molar-refractivity contribution in [3.8, 4) is 11.4 Å². The lowest BCUT2D eigenvalue weighted by Gasteiger charge is -2.06. The second-order valence-corrected chi connectivity index (χ2v) is 6.21. The van der Waals surface area contributed by atoms with Crippen molar-refractivity contribution in [1.29, 1.82) is 0 Å². The Morgan fingerprint density at radius 3 is 2.61 bits per heavy atom. The lowest BCUT2D eigenvalue weighted by Crippen LogP contribution is -2.10. The average molecular weight is 260 g/mol. The van der Waals surface area contributed by atoms with Gasteiger partial charge in [-0.05, 0) is 32.8 Å². The molecule has 2 heterocycles. The van der Waals surface area contributed by atoms with E-state index in [4.69, 9.17) is 5.84 Å². The number of nitrogens with two attached hydrogens (primary N) is 1. The second kappa shape index (κ2) is 4.33. The third kappa shape index (κ3) is 2.11. The van der Waals surface area contributed by atoms with Crippen LogP contribution in [0.3, 0.4) is 0 Å². The van der Waals surface area contributed by atoms with Crippen LogP contribution in [0.15, 0.2) is 12.1 Å². The first-order chi connectivity index (χ1) is 8.67. The van der Waals surface area contributed by atoms with E-state index in [2.05, 4.69) is 35.3 Å². The molecular weight excluding hydrogens is 244 g/mol. The van der Waals surface area contributed by atoms with Crippen LogP contribution < -0.4 is 11.3 Å². The minimum atomic E-state index is 0.596. The summed E-state index contributed by atoms with van der Waals surface area (Å²) in [5, 5.41) is 0. The molecule has 1 aliphatic carbocycles. The molecule has 0 unspecified atom stereocenters. The zero-order valence-corrected chi connectivity index (χ0v) is 11.3. The van der Waals surface area contributed by atoms with Crippen molar-refractivity contribution in [2.45, 2.75) is 32.6 Å².